The Hall–Kier alpha value is -4.58. The topological polar surface area (TPSA) is 102 Å². The van der Waals surface area contributed by atoms with Crippen molar-refractivity contribution >= 4 is 29.0 Å². The number of halogens is 1. The molecule has 0 unspecified atom stereocenters. The van der Waals surface area contributed by atoms with E-state index in [1.165, 1.54) is 18.2 Å². The molecule has 1 aromatic heterocycles. The third-order valence-corrected chi connectivity index (χ3v) is 6.52. The highest BCUT2D eigenvalue weighted by molar-refractivity contribution is 6.48. The summed E-state index contributed by atoms with van der Waals surface area (Å²) in [5.41, 5.74) is 2.93. The van der Waals surface area contributed by atoms with Crippen molar-refractivity contribution in [3.63, 3.8) is 0 Å². The number of aliphatic imine (C=N–C) groups is 1. The number of amides is 2. The van der Waals surface area contributed by atoms with E-state index in [0.29, 0.717) is 49.7 Å². The summed E-state index contributed by atoms with van der Waals surface area (Å²) in [5, 5.41) is 11.8. The number of piperazine rings is 1. The smallest absolute Gasteiger partial charge is 0.275 e. The molecule has 38 heavy (non-hydrogen) atoms. The molecule has 3 aromatic rings. The van der Waals surface area contributed by atoms with Crippen LogP contribution < -0.4 is 10.2 Å². The summed E-state index contributed by atoms with van der Waals surface area (Å²) >= 11 is 0. The van der Waals surface area contributed by atoms with Crippen LogP contribution in [0, 0.1) is 17.1 Å². The number of nitriles is 1. The fraction of sp³-hybridized carbons (Fsp3) is 0.276. The second-order valence-electron chi connectivity index (χ2n) is 9.18. The number of pyridine rings is 1. The SMILES string of the molecule is CC(=O)N1CCN(c2ccc(NC(=O)C(=NC[C@@H](C)c3ccc(C#N)cc3)c3cccc(F)c3)nc2)CC1. The Morgan fingerprint density at radius 2 is 1.84 bits per heavy atom. The van der Waals surface area contributed by atoms with Gasteiger partial charge >= 0.3 is 0 Å². The van der Waals surface area contributed by atoms with Crippen LogP contribution in [0.25, 0.3) is 0 Å². The van der Waals surface area contributed by atoms with Gasteiger partial charge in [0.2, 0.25) is 5.91 Å². The van der Waals surface area contributed by atoms with Gasteiger partial charge in [-0.25, -0.2) is 9.37 Å². The van der Waals surface area contributed by atoms with Gasteiger partial charge in [0.05, 0.1) is 23.5 Å². The van der Waals surface area contributed by atoms with Gasteiger partial charge in [0.25, 0.3) is 5.91 Å². The van der Waals surface area contributed by atoms with Crippen LogP contribution in [0.1, 0.15) is 36.5 Å². The van der Waals surface area contributed by atoms with Crippen molar-refractivity contribution in [2.45, 2.75) is 19.8 Å². The molecule has 2 amide bonds. The first kappa shape index (κ1) is 26.5. The summed E-state index contributed by atoms with van der Waals surface area (Å²) in [7, 11) is 0. The molecule has 0 aliphatic carbocycles. The number of rotatable bonds is 7. The van der Waals surface area contributed by atoms with Gasteiger partial charge in [-0.05, 0) is 42.0 Å². The van der Waals surface area contributed by atoms with E-state index in [0.717, 1.165) is 11.3 Å². The minimum Gasteiger partial charge on any atom is -0.367 e. The van der Waals surface area contributed by atoms with E-state index >= 15 is 0 Å². The molecular weight excluding hydrogens is 483 g/mol. The van der Waals surface area contributed by atoms with Crippen LogP contribution in [0.3, 0.4) is 0 Å². The third kappa shape index (κ3) is 6.59. The first-order chi connectivity index (χ1) is 18.3. The highest BCUT2D eigenvalue weighted by Gasteiger charge is 2.20. The largest absolute Gasteiger partial charge is 0.367 e. The maximum absolute atomic E-state index is 14.0. The van der Waals surface area contributed by atoms with Gasteiger partial charge in [0, 0.05) is 51.1 Å². The zero-order valence-electron chi connectivity index (χ0n) is 21.4. The first-order valence-electron chi connectivity index (χ1n) is 12.4. The minimum absolute atomic E-state index is 0.0278. The van der Waals surface area contributed by atoms with E-state index in [9.17, 15) is 14.0 Å². The van der Waals surface area contributed by atoms with Crippen molar-refractivity contribution in [1.82, 2.24) is 9.88 Å². The van der Waals surface area contributed by atoms with Crippen molar-refractivity contribution in [3.05, 3.63) is 89.4 Å². The molecule has 1 saturated heterocycles. The number of nitrogens with zero attached hydrogens (tertiary/aromatic N) is 5. The molecule has 194 valence electrons. The van der Waals surface area contributed by atoms with Crippen LogP contribution in [0.5, 0.6) is 0 Å². The van der Waals surface area contributed by atoms with Crippen molar-refractivity contribution in [1.29, 1.82) is 5.26 Å². The molecule has 0 saturated carbocycles. The highest BCUT2D eigenvalue weighted by Crippen LogP contribution is 2.19. The number of carbonyl (C=O) groups excluding carboxylic acids is 2. The lowest BCUT2D eigenvalue weighted by Gasteiger charge is -2.35. The highest BCUT2D eigenvalue weighted by atomic mass is 19.1. The van der Waals surface area contributed by atoms with E-state index in [4.69, 9.17) is 5.26 Å². The Labute approximate surface area is 221 Å². The molecule has 0 bridgehead atoms. The van der Waals surface area contributed by atoms with Crippen LogP contribution in [-0.2, 0) is 9.59 Å². The lowest BCUT2D eigenvalue weighted by molar-refractivity contribution is -0.129. The predicted molar refractivity (Wildman–Crippen MR) is 145 cm³/mol. The Morgan fingerprint density at radius 3 is 2.45 bits per heavy atom. The van der Waals surface area contributed by atoms with Gasteiger partial charge in [-0.3, -0.25) is 14.6 Å². The van der Waals surface area contributed by atoms with Crippen molar-refractivity contribution < 1.29 is 14.0 Å². The van der Waals surface area contributed by atoms with E-state index in [1.807, 2.05) is 30.0 Å². The number of carbonyl (C=O) groups is 2. The standard InChI is InChI=1S/C29H29FN6O2/c1-20(23-8-6-22(17-31)7-9-23)18-33-28(24-4-3-5-25(30)16-24)29(38)34-27-11-10-26(19-32-27)36-14-12-35(13-15-36)21(2)37/h3-11,16,19-20H,12-15,18H2,1-2H3,(H,32,34,38)/t20-/m1/s1. The maximum Gasteiger partial charge on any atom is 0.275 e. The first-order valence-corrected chi connectivity index (χ1v) is 12.4. The van der Waals surface area contributed by atoms with Crippen LogP contribution in [0.4, 0.5) is 15.9 Å². The van der Waals surface area contributed by atoms with Crippen molar-refractivity contribution in [2.24, 2.45) is 4.99 Å². The van der Waals surface area contributed by atoms with Gasteiger partial charge < -0.3 is 15.1 Å². The molecular formula is C29H29FN6O2. The zero-order valence-corrected chi connectivity index (χ0v) is 21.4. The average Bonchev–Trinajstić information content (AvgIpc) is 2.93. The molecule has 0 spiro atoms. The summed E-state index contributed by atoms with van der Waals surface area (Å²) in [6.07, 6.45) is 1.69. The molecule has 9 heteroatoms. The van der Waals surface area contributed by atoms with Crippen LogP contribution in [0.15, 0.2) is 71.9 Å². The summed E-state index contributed by atoms with van der Waals surface area (Å²) in [5.74, 6) is -0.554. The fourth-order valence-corrected chi connectivity index (χ4v) is 4.25. The molecule has 0 radical (unpaired) electrons. The zero-order chi connectivity index (χ0) is 27.1. The number of aromatic nitrogens is 1. The lowest BCUT2D eigenvalue weighted by atomic mass is 10.00. The van der Waals surface area contributed by atoms with Gasteiger partial charge in [-0.15, -0.1) is 0 Å². The molecule has 1 N–H and O–H groups in total. The second-order valence-corrected chi connectivity index (χ2v) is 9.18. The number of nitrogens with one attached hydrogen (secondary N) is 1. The third-order valence-electron chi connectivity index (χ3n) is 6.52. The van der Waals surface area contributed by atoms with Crippen molar-refractivity contribution in [3.8, 4) is 6.07 Å². The Morgan fingerprint density at radius 1 is 1.11 bits per heavy atom. The summed E-state index contributed by atoms with van der Waals surface area (Å²) in [4.78, 5) is 37.7. The molecule has 4 rings (SSSR count). The van der Waals surface area contributed by atoms with Gasteiger partial charge in [-0.2, -0.15) is 5.26 Å². The van der Waals surface area contributed by atoms with E-state index in [-0.39, 0.29) is 17.5 Å². The maximum atomic E-state index is 14.0. The summed E-state index contributed by atoms with van der Waals surface area (Å²) in [6, 6.07) is 18.7. The molecule has 8 nitrogen and oxygen atoms in total. The second kappa shape index (κ2) is 12.1. The Bertz CT molecular complexity index is 1360. The number of benzene rings is 2. The molecule has 1 aliphatic rings. The van der Waals surface area contributed by atoms with E-state index in [1.54, 1.807) is 37.4 Å². The van der Waals surface area contributed by atoms with E-state index in [2.05, 4.69) is 26.3 Å². The predicted octanol–water partition coefficient (Wildman–Crippen LogP) is 3.99. The number of hydrogen-bond donors (Lipinski definition) is 1. The summed E-state index contributed by atoms with van der Waals surface area (Å²) < 4.78 is 14.0. The molecule has 2 heterocycles. The molecule has 1 aliphatic heterocycles. The fourth-order valence-electron chi connectivity index (χ4n) is 4.25. The number of hydrogen-bond acceptors (Lipinski definition) is 6. The van der Waals surface area contributed by atoms with Crippen molar-refractivity contribution in [2.75, 3.05) is 42.9 Å². The lowest BCUT2D eigenvalue weighted by Crippen LogP contribution is -2.48. The normalized spacial score (nSPS) is 14.5. The average molecular weight is 513 g/mol. The monoisotopic (exact) mass is 512 g/mol. The summed E-state index contributed by atoms with van der Waals surface area (Å²) in [6.45, 7) is 6.57. The van der Waals surface area contributed by atoms with Gasteiger partial charge in [0.1, 0.15) is 17.3 Å². The molecule has 1 atom stereocenters. The molecule has 2 aromatic carbocycles. The van der Waals surface area contributed by atoms with Crippen LogP contribution in [-0.4, -0.2) is 60.1 Å². The van der Waals surface area contributed by atoms with Crippen LogP contribution >= 0.6 is 0 Å². The van der Waals surface area contributed by atoms with Gasteiger partial charge in [0.15, 0.2) is 0 Å². The quantitative estimate of drug-likeness (QED) is 0.483. The Balaban J connectivity index is 1.47. The minimum atomic E-state index is -0.488. The Kier molecular flexibility index (Phi) is 8.44. The number of anilines is 2. The van der Waals surface area contributed by atoms with Crippen LogP contribution in [0.2, 0.25) is 0 Å². The van der Waals surface area contributed by atoms with Gasteiger partial charge in [-0.1, -0.05) is 31.2 Å². The van der Waals surface area contributed by atoms with E-state index < -0.39 is 11.7 Å². The molecule has 1 fully saturated rings.